The third kappa shape index (κ3) is 3.59. The molecule has 0 heteroatoms. The average Bonchev–Trinajstić information content (AvgIpc) is 2.40. The van der Waals surface area contributed by atoms with Gasteiger partial charge in [0, 0.05) is 0 Å². The lowest BCUT2D eigenvalue weighted by atomic mass is 9.83. The minimum Gasteiger partial charge on any atom is -0.0683 e. The molecule has 96 valence electrons. The molecule has 1 aromatic rings. The van der Waals surface area contributed by atoms with Gasteiger partial charge in [0.1, 0.15) is 0 Å². The lowest BCUT2D eigenvalue weighted by molar-refractivity contribution is 0.630. The molecule has 0 N–H and O–H groups in total. The van der Waals surface area contributed by atoms with Gasteiger partial charge in [-0.2, -0.15) is 0 Å². The molecule has 0 spiro atoms. The van der Waals surface area contributed by atoms with E-state index in [0.717, 1.165) is 5.92 Å². The van der Waals surface area contributed by atoms with Gasteiger partial charge in [-0.3, -0.25) is 0 Å². The van der Waals surface area contributed by atoms with E-state index in [0.29, 0.717) is 0 Å². The van der Waals surface area contributed by atoms with Crippen molar-refractivity contribution in [3.05, 3.63) is 34.9 Å². The number of aryl methyl sites for hydroxylation is 1. The van der Waals surface area contributed by atoms with Gasteiger partial charge in [-0.15, -0.1) is 0 Å². The SMILES string of the molecule is CC.CCCC(C)c1cccc2c1CCCC2. The molecule has 0 aromatic heterocycles. The van der Waals surface area contributed by atoms with Crippen LogP contribution in [0.4, 0.5) is 0 Å². The van der Waals surface area contributed by atoms with E-state index in [4.69, 9.17) is 0 Å². The first-order valence-corrected chi connectivity index (χ1v) is 7.43. The Hall–Kier alpha value is -0.780. The van der Waals surface area contributed by atoms with Crippen molar-refractivity contribution in [3.63, 3.8) is 0 Å². The van der Waals surface area contributed by atoms with Gasteiger partial charge in [0.05, 0.1) is 0 Å². The quantitative estimate of drug-likeness (QED) is 0.646. The van der Waals surface area contributed by atoms with E-state index < -0.39 is 0 Å². The van der Waals surface area contributed by atoms with Crippen LogP contribution in [0.5, 0.6) is 0 Å². The maximum absolute atomic E-state index is 2.38. The van der Waals surface area contributed by atoms with E-state index in [-0.39, 0.29) is 0 Å². The standard InChI is InChI=1S/C15H22.C2H6/c1-3-7-12(2)14-11-6-9-13-8-4-5-10-15(13)14;1-2/h6,9,11-12H,3-5,7-8,10H2,1-2H3;1-2H3. The molecule has 1 atom stereocenters. The zero-order chi connectivity index (χ0) is 12.7. The fourth-order valence-electron chi connectivity index (χ4n) is 2.86. The van der Waals surface area contributed by atoms with Crippen molar-refractivity contribution in [1.29, 1.82) is 0 Å². The number of rotatable bonds is 3. The van der Waals surface area contributed by atoms with Crippen LogP contribution < -0.4 is 0 Å². The molecule has 0 nitrogen and oxygen atoms in total. The summed E-state index contributed by atoms with van der Waals surface area (Å²) in [7, 11) is 0. The molecule has 17 heavy (non-hydrogen) atoms. The highest BCUT2D eigenvalue weighted by Crippen LogP contribution is 2.30. The first kappa shape index (κ1) is 14.3. The Morgan fingerprint density at radius 3 is 2.53 bits per heavy atom. The molecule has 2 rings (SSSR count). The molecular weight excluding hydrogens is 204 g/mol. The zero-order valence-electron chi connectivity index (χ0n) is 12.1. The first-order chi connectivity index (χ1) is 8.33. The normalized spacial score (nSPS) is 15.5. The lowest BCUT2D eigenvalue weighted by Gasteiger charge is -2.22. The average molecular weight is 232 g/mol. The van der Waals surface area contributed by atoms with Gasteiger partial charge in [0.2, 0.25) is 0 Å². The Labute approximate surface area is 107 Å². The summed E-state index contributed by atoms with van der Waals surface area (Å²) in [5, 5.41) is 0. The van der Waals surface area contributed by atoms with Gasteiger partial charge in [0.25, 0.3) is 0 Å². The fourth-order valence-corrected chi connectivity index (χ4v) is 2.86. The maximum Gasteiger partial charge on any atom is -0.0188 e. The molecule has 1 unspecified atom stereocenters. The topological polar surface area (TPSA) is 0 Å². The molecule has 0 bridgehead atoms. The number of hydrogen-bond donors (Lipinski definition) is 0. The molecule has 0 fully saturated rings. The second kappa shape index (κ2) is 7.53. The van der Waals surface area contributed by atoms with Crippen molar-refractivity contribution in [2.75, 3.05) is 0 Å². The van der Waals surface area contributed by atoms with Gasteiger partial charge in [0.15, 0.2) is 0 Å². The minimum absolute atomic E-state index is 0.753. The van der Waals surface area contributed by atoms with Crippen molar-refractivity contribution in [2.45, 2.75) is 72.1 Å². The van der Waals surface area contributed by atoms with Crippen LogP contribution in [0.1, 0.15) is 76.0 Å². The molecule has 1 aliphatic carbocycles. The van der Waals surface area contributed by atoms with Gasteiger partial charge in [-0.1, -0.05) is 52.3 Å². The summed E-state index contributed by atoms with van der Waals surface area (Å²) in [5.74, 6) is 0.753. The Morgan fingerprint density at radius 2 is 1.82 bits per heavy atom. The van der Waals surface area contributed by atoms with E-state index in [1.54, 1.807) is 16.7 Å². The van der Waals surface area contributed by atoms with E-state index >= 15 is 0 Å². The molecule has 1 aromatic carbocycles. The number of fused-ring (bicyclic) bond motifs is 1. The lowest BCUT2D eigenvalue weighted by Crippen LogP contribution is -2.08. The molecular formula is C17H28. The van der Waals surface area contributed by atoms with Crippen LogP contribution in [0.25, 0.3) is 0 Å². The minimum atomic E-state index is 0.753. The van der Waals surface area contributed by atoms with Crippen molar-refractivity contribution in [2.24, 2.45) is 0 Å². The van der Waals surface area contributed by atoms with E-state index in [9.17, 15) is 0 Å². The summed E-state index contributed by atoms with van der Waals surface area (Å²) in [6, 6.07) is 6.94. The van der Waals surface area contributed by atoms with Crippen LogP contribution in [0.15, 0.2) is 18.2 Å². The molecule has 1 aliphatic rings. The summed E-state index contributed by atoms with van der Waals surface area (Å²) in [6.07, 6.45) is 8.03. The smallest absolute Gasteiger partial charge is 0.0188 e. The van der Waals surface area contributed by atoms with Crippen LogP contribution in [0.2, 0.25) is 0 Å². The highest BCUT2D eigenvalue weighted by Gasteiger charge is 2.15. The maximum atomic E-state index is 2.38. The summed E-state index contributed by atoms with van der Waals surface area (Å²) >= 11 is 0. The molecule has 0 saturated heterocycles. The van der Waals surface area contributed by atoms with E-state index in [1.807, 2.05) is 13.8 Å². The molecule has 0 saturated carbocycles. The Bertz CT molecular complexity index is 325. The van der Waals surface area contributed by atoms with Crippen molar-refractivity contribution in [3.8, 4) is 0 Å². The zero-order valence-corrected chi connectivity index (χ0v) is 12.1. The number of benzene rings is 1. The third-order valence-corrected chi connectivity index (χ3v) is 3.68. The van der Waals surface area contributed by atoms with Crippen LogP contribution in [-0.2, 0) is 12.8 Å². The van der Waals surface area contributed by atoms with Gasteiger partial charge >= 0.3 is 0 Å². The Morgan fingerprint density at radius 1 is 1.12 bits per heavy atom. The van der Waals surface area contributed by atoms with Crippen LogP contribution >= 0.6 is 0 Å². The monoisotopic (exact) mass is 232 g/mol. The van der Waals surface area contributed by atoms with Crippen LogP contribution in [0.3, 0.4) is 0 Å². The summed E-state index contributed by atoms with van der Waals surface area (Å²) in [5.41, 5.74) is 4.94. The number of hydrogen-bond acceptors (Lipinski definition) is 0. The van der Waals surface area contributed by atoms with Crippen molar-refractivity contribution in [1.82, 2.24) is 0 Å². The van der Waals surface area contributed by atoms with E-state index in [2.05, 4.69) is 32.0 Å². The second-order valence-corrected chi connectivity index (χ2v) is 4.88. The molecule has 0 radical (unpaired) electrons. The van der Waals surface area contributed by atoms with Crippen molar-refractivity contribution >= 4 is 0 Å². The Balaban J connectivity index is 0.000000686. The molecule has 0 aliphatic heterocycles. The fraction of sp³-hybridized carbons (Fsp3) is 0.647. The Kier molecular flexibility index (Phi) is 6.32. The summed E-state index contributed by atoms with van der Waals surface area (Å²) in [6.45, 7) is 8.67. The van der Waals surface area contributed by atoms with E-state index in [1.165, 1.54) is 38.5 Å². The predicted octanol–water partition coefficient (Wildman–Crippen LogP) is 5.50. The summed E-state index contributed by atoms with van der Waals surface area (Å²) in [4.78, 5) is 0. The van der Waals surface area contributed by atoms with Gasteiger partial charge in [-0.05, 0) is 54.7 Å². The largest absolute Gasteiger partial charge is 0.0683 e. The molecule has 0 heterocycles. The highest BCUT2D eigenvalue weighted by atomic mass is 14.2. The summed E-state index contributed by atoms with van der Waals surface area (Å²) < 4.78 is 0. The van der Waals surface area contributed by atoms with Gasteiger partial charge < -0.3 is 0 Å². The predicted molar refractivity (Wildman–Crippen MR) is 77.8 cm³/mol. The van der Waals surface area contributed by atoms with Crippen LogP contribution in [0, 0.1) is 0 Å². The van der Waals surface area contributed by atoms with Crippen molar-refractivity contribution < 1.29 is 0 Å². The third-order valence-electron chi connectivity index (χ3n) is 3.68. The molecule has 0 amide bonds. The van der Waals surface area contributed by atoms with Gasteiger partial charge in [-0.25, -0.2) is 0 Å². The highest BCUT2D eigenvalue weighted by molar-refractivity contribution is 5.38. The first-order valence-electron chi connectivity index (χ1n) is 7.43. The van der Waals surface area contributed by atoms with Crippen LogP contribution in [-0.4, -0.2) is 0 Å². The second-order valence-electron chi connectivity index (χ2n) is 4.88.